The van der Waals surface area contributed by atoms with Gasteiger partial charge in [0.05, 0.1) is 23.8 Å². The summed E-state index contributed by atoms with van der Waals surface area (Å²) in [5.74, 6) is -0.685. The third-order valence-corrected chi connectivity index (χ3v) is 5.37. The molecule has 5 rings (SSSR count). The molecule has 0 unspecified atom stereocenters. The van der Waals surface area contributed by atoms with Crippen molar-refractivity contribution < 1.29 is 8.78 Å². The van der Waals surface area contributed by atoms with Gasteiger partial charge in [-0.2, -0.15) is 0 Å². The number of aromatic amines is 1. The van der Waals surface area contributed by atoms with E-state index < -0.39 is 17.2 Å². The fourth-order valence-electron chi connectivity index (χ4n) is 3.78. The molecule has 0 atom stereocenters. The van der Waals surface area contributed by atoms with Crippen LogP contribution >= 0.6 is 0 Å². The van der Waals surface area contributed by atoms with Crippen LogP contribution in [0.4, 0.5) is 8.78 Å². The van der Waals surface area contributed by atoms with E-state index in [2.05, 4.69) is 14.5 Å². The normalized spacial score (nSPS) is 14.7. The highest BCUT2D eigenvalue weighted by atomic mass is 19.2. The predicted octanol–water partition coefficient (Wildman–Crippen LogP) is 3.87. The van der Waals surface area contributed by atoms with Crippen LogP contribution in [-0.2, 0) is 6.54 Å². The summed E-state index contributed by atoms with van der Waals surface area (Å²) in [4.78, 5) is 23.4. The molecule has 0 radical (unpaired) electrons. The van der Waals surface area contributed by atoms with Crippen molar-refractivity contribution >= 4 is 21.9 Å². The Bertz CT molecular complexity index is 1240. The lowest BCUT2D eigenvalue weighted by Crippen LogP contribution is -2.17. The molecule has 1 aromatic carbocycles. The quantitative estimate of drug-likeness (QED) is 0.599. The molecule has 1 fully saturated rings. The van der Waals surface area contributed by atoms with Gasteiger partial charge in [-0.15, -0.1) is 0 Å². The minimum Gasteiger partial charge on any atom is -0.323 e. The summed E-state index contributed by atoms with van der Waals surface area (Å²) >= 11 is 0. The van der Waals surface area contributed by atoms with E-state index in [9.17, 15) is 13.6 Å². The molecule has 3 heterocycles. The number of hydrogen-bond acceptors (Lipinski definition) is 3. The maximum absolute atomic E-state index is 14.2. The van der Waals surface area contributed by atoms with E-state index in [0.717, 1.165) is 35.8 Å². The van der Waals surface area contributed by atoms with Crippen LogP contribution in [0.3, 0.4) is 0 Å². The number of H-pyrrole nitrogens is 1. The molecule has 3 aromatic heterocycles. The Balaban J connectivity index is 1.72. The monoisotopic (exact) mass is 366 g/mol. The summed E-state index contributed by atoms with van der Waals surface area (Å²) in [6.45, 7) is 0.359. The van der Waals surface area contributed by atoms with Crippen molar-refractivity contribution in [1.82, 2.24) is 19.5 Å². The average molecular weight is 366 g/mol. The van der Waals surface area contributed by atoms with Crippen molar-refractivity contribution in [3.8, 4) is 0 Å². The molecule has 0 aliphatic heterocycles. The number of benzene rings is 1. The number of pyridine rings is 2. The van der Waals surface area contributed by atoms with Gasteiger partial charge in [0.2, 0.25) is 5.56 Å². The minimum atomic E-state index is -1.04. The first-order chi connectivity index (χ1) is 13.1. The van der Waals surface area contributed by atoms with Crippen molar-refractivity contribution in [3.05, 3.63) is 70.0 Å². The van der Waals surface area contributed by atoms with Crippen LogP contribution in [-0.4, -0.2) is 19.5 Å². The van der Waals surface area contributed by atoms with Gasteiger partial charge < -0.3 is 9.55 Å². The van der Waals surface area contributed by atoms with Crippen molar-refractivity contribution in [2.45, 2.75) is 31.7 Å². The van der Waals surface area contributed by atoms with E-state index in [0.29, 0.717) is 23.4 Å². The van der Waals surface area contributed by atoms with Gasteiger partial charge in [-0.1, -0.05) is 6.42 Å². The van der Waals surface area contributed by atoms with Crippen LogP contribution in [0.2, 0.25) is 0 Å². The van der Waals surface area contributed by atoms with Gasteiger partial charge in [0.15, 0.2) is 11.6 Å². The fraction of sp³-hybridized carbons (Fsp3) is 0.250. The summed E-state index contributed by atoms with van der Waals surface area (Å²) in [7, 11) is 0. The van der Waals surface area contributed by atoms with Crippen molar-refractivity contribution in [1.29, 1.82) is 0 Å². The molecule has 1 aliphatic rings. The van der Waals surface area contributed by atoms with E-state index in [4.69, 9.17) is 4.98 Å². The third-order valence-electron chi connectivity index (χ3n) is 5.37. The Labute approximate surface area is 152 Å². The summed E-state index contributed by atoms with van der Waals surface area (Å²) < 4.78 is 29.9. The minimum absolute atomic E-state index is 0.103. The van der Waals surface area contributed by atoms with E-state index in [1.165, 1.54) is 18.6 Å². The smallest absolute Gasteiger partial charge is 0.248 e. The van der Waals surface area contributed by atoms with Gasteiger partial charge in [0.1, 0.15) is 11.3 Å². The second kappa shape index (κ2) is 5.97. The van der Waals surface area contributed by atoms with Crippen molar-refractivity contribution in [2.75, 3.05) is 0 Å². The summed E-state index contributed by atoms with van der Waals surface area (Å²) in [5, 5.41) is 0.490. The third kappa shape index (κ3) is 2.53. The lowest BCUT2D eigenvalue weighted by molar-refractivity contribution is 0.392. The maximum atomic E-state index is 14.2. The number of imidazole rings is 1. The summed E-state index contributed by atoms with van der Waals surface area (Å²) in [5.41, 5.74) is 1.78. The van der Waals surface area contributed by atoms with Gasteiger partial charge in [-0.25, -0.2) is 13.8 Å². The van der Waals surface area contributed by atoms with Gasteiger partial charge in [0, 0.05) is 23.6 Å². The van der Waals surface area contributed by atoms with E-state index >= 15 is 0 Å². The highest BCUT2D eigenvalue weighted by Crippen LogP contribution is 2.37. The molecule has 1 saturated carbocycles. The molecule has 0 saturated heterocycles. The largest absolute Gasteiger partial charge is 0.323 e. The summed E-state index contributed by atoms with van der Waals surface area (Å²) in [6.07, 6.45) is 6.75. The van der Waals surface area contributed by atoms with E-state index in [-0.39, 0.29) is 5.52 Å². The molecule has 1 N–H and O–H groups in total. The molecule has 0 spiro atoms. The Morgan fingerprint density at radius 3 is 2.85 bits per heavy atom. The van der Waals surface area contributed by atoms with Crippen LogP contribution in [0.5, 0.6) is 0 Å². The number of hydrogen-bond donors (Lipinski definition) is 1. The Hall–Kier alpha value is -3.09. The van der Waals surface area contributed by atoms with Gasteiger partial charge in [-0.05, 0) is 36.6 Å². The molecular weight excluding hydrogens is 350 g/mol. The zero-order chi connectivity index (χ0) is 18.5. The topological polar surface area (TPSA) is 63.6 Å². The lowest BCUT2D eigenvalue weighted by atomic mass is 9.85. The molecule has 136 valence electrons. The number of halogens is 2. The first-order valence-corrected chi connectivity index (χ1v) is 8.92. The number of fused-ring (bicyclic) bond motifs is 2. The van der Waals surface area contributed by atoms with Crippen LogP contribution in [0.15, 0.2) is 41.5 Å². The lowest BCUT2D eigenvalue weighted by Gasteiger charge is -2.26. The zero-order valence-corrected chi connectivity index (χ0v) is 14.4. The molecular formula is C20H16F2N4O. The van der Waals surface area contributed by atoms with Gasteiger partial charge >= 0.3 is 0 Å². The fourth-order valence-corrected chi connectivity index (χ4v) is 3.78. The Morgan fingerprint density at radius 1 is 1.22 bits per heavy atom. The average Bonchev–Trinajstić information content (AvgIpc) is 2.95. The highest BCUT2D eigenvalue weighted by Gasteiger charge is 2.26. The van der Waals surface area contributed by atoms with Crippen LogP contribution in [0.25, 0.3) is 21.9 Å². The molecule has 5 nitrogen and oxygen atoms in total. The Kier molecular flexibility index (Phi) is 3.56. The van der Waals surface area contributed by atoms with Crippen molar-refractivity contribution in [3.63, 3.8) is 0 Å². The molecule has 0 amide bonds. The first-order valence-electron chi connectivity index (χ1n) is 8.92. The summed E-state index contributed by atoms with van der Waals surface area (Å²) in [6, 6.07) is 5.92. The second-order valence-corrected chi connectivity index (χ2v) is 6.99. The van der Waals surface area contributed by atoms with E-state index in [1.807, 2.05) is 6.07 Å². The highest BCUT2D eigenvalue weighted by molar-refractivity contribution is 5.83. The molecule has 1 aliphatic carbocycles. The molecule has 4 aromatic rings. The van der Waals surface area contributed by atoms with Gasteiger partial charge in [0.25, 0.3) is 0 Å². The standard InChI is InChI=1S/C20H16F2N4O/c21-14-5-4-13-12(8-17(27)25-19(13)18(14)22)10-26-16-6-7-23-9-15(16)24-20(26)11-2-1-3-11/h4-9,11H,1-3,10H2,(H,25,27). The first kappa shape index (κ1) is 16.1. The number of aromatic nitrogens is 4. The van der Waals surface area contributed by atoms with Gasteiger partial charge in [-0.3, -0.25) is 9.78 Å². The molecule has 7 heteroatoms. The van der Waals surface area contributed by atoms with Crippen molar-refractivity contribution in [2.24, 2.45) is 0 Å². The number of nitrogens with zero attached hydrogens (tertiary/aromatic N) is 3. The van der Waals surface area contributed by atoms with Crippen LogP contribution in [0.1, 0.15) is 36.6 Å². The number of rotatable bonds is 3. The van der Waals surface area contributed by atoms with Crippen LogP contribution < -0.4 is 5.56 Å². The Morgan fingerprint density at radius 2 is 2.07 bits per heavy atom. The second-order valence-electron chi connectivity index (χ2n) is 6.99. The predicted molar refractivity (Wildman–Crippen MR) is 97.7 cm³/mol. The van der Waals surface area contributed by atoms with Crippen LogP contribution in [0, 0.1) is 11.6 Å². The molecule has 0 bridgehead atoms. The maximum Gasteiger partial charge on any atom is 0.248 e. The zero-order valence-electron chi connectivity index (χ0n) is 14.4. The SMILES string of the molecule is O=c1cc(Cn2c(C3CCC3)nc3cnccc32)c2ccc(F)c(F)c2[nH]1. The number of nitrogens with one attached hydrogen (secondary N) is 1. The molecule has 27 heavy (non-hydrogen) atoms. The van der Waals surface area contributed by atoms with E-state index in [1.54, 1.807) is 12.4 Å².